The number of carbonyl (C=O) groups is 1. The van der Waals surface area contributed by atoms with Gasteiger partial charge in [-0.2, -0.15) is 5.10 Å². The number of benzene rings is 2. The van der Waals surface area contributed by atoms with Gasteiger partial charge in [0.15, 0.2) is 5.82 Å². The van der Waals surface area contributed by atoms with Gasteiger partial charge in [0.2, 0.25) is 0 Å². The lowest BCUT2D eigenvalue weighted by Gasteiger charge is -2.10. The summed E-state index contributed by atoms with van der Waals surface area (Å²) >= 11 is 0. The van der Waals surface area contributed by atoms with Crippen LogP contribution < -0.4 is 10.1 Å². The van der Waals surface area contributed by atoms with Crippen LogP contribution in [0.4, 0.5) is 5.69 Å². The zero-order valence-corrected chi connectivity index (χ0v) is 19.2. The predicted molar refractivity (Wildman–Crippen MR) is 124 cm³/mol. The summed E-state index contributed by atoms with van der Waals surface area (Å²) in [5.41, 5.74) is 4.43. The number of aromatic nitrogens is 6. The fraction of sp³-hybridized carbons (Fsp3) is 0.292. The van der Waals surface area contributed by atoms with Gasteiger partial charge in [0, 0.05) is 16.9 Å². The Hall–Kier alpha value is -4.01. The van der Waals surface area contributed by atoms with E-state index in [0.29, 0.717) is 23.7 Å². The Bertz CT molecular complexity index is 1240. The molecule has 0 atom stereocenters. The van der Waals surface area contributed by atoms with Gasteiger partial charge in [-0.3, -0.25) is 9.48 Å². The number of ether oxygens (including phenoxy) is 1. The van der Waals surface area contributed by atoms with Gasteiger partial charge in [-0.05, 0) is 86.1 Å². The quantitative estimate of drug-likeness (QED) is 0.441. The van der Waals surface area contributed by atoms with Gasteiger partial charge >= 0.3 is 0 Å². The van der Waals surface area contributed by atoms with Gasteiger partial charge in [-0.25, -0.2) is 4.68 Å². The molecular weight excluding hydrogens is 418 g/mol. The van der Waals surface area contributed by atoms with Crippen LogP contribution in [0.5, 0.6) is 5.75 Å². The van der Waals surface area contributed by atoms with E-state index in [2.05, 4.69) is 25.9 Å². The molecule has 1 amide bonds. The van der Waals surface area contributed by atoms with E-state index in [1.165, 1.54) is 0 Å². The summed E-state index contributed by atoms with van der Waals surface area (Å²) in [5, 5.41) is 19.1. The van der Waals surface area contributed by atoms with Gasteiger partial charge in [-0.1, -0.05) is 12.1 Å². The molecule has 0 bridgehead atoms. The SMILES string of the molecule is Cc1cc(C)n(Cc2cccc(NC(=O)c3ccc(OCc4nnnn4C(C)C)cc3)c2)n1. The molecule has 0 saturated carbocycles. The highest BCUT2D eigenvalue weighted by Crippen LogP contribution is 2.17. The lowest BCUT2D eigenvalue weighted by Crippen LogP contribution is -2.13. The van der Waals surface area contributed by atoms with Crippen molar-refractivity contribution in [3.8, 4) is 5.75 Å². The van der Waals surface area contributed by atoms with Crippen molar-refractivity contribution in [1.82, 2.24) is 30.0 Å². The molecule has 4 aromatic rings. The van der Waals surface area contributed by atoms with Crippen LogP contribution in [-0.2, 0) is 13.2 Å². The highest BCUT2D eigenvalue weighted by atomic mass is 16.5. The van der Waals surface area contributed by atoms with Crippen molar-refractivity contribution in [2.45, 2.75) is 46.9 Å². The first-order valence-corrected chi connectivity index (χ1v) is 10.8. The molecule has 0 aliphatic carbocycles. The average molecular weight is 446 g/mol. The molecule has 0 unspecified atom stereocenters. The lowest BCUT2D eigenvalue weighted by atomic mass is 10.1. The van der Waals surface area contributed by atoms with E-state index in [9.17, 15) is 4.79 Å². The van der Waals surface area contributed by atoms with Crippen LogP contribution in [0.25, 0.3) is 0 Å². The van der Waals surface area contributed by atoms with Gasteiger partial charge in [-0.15, -0.1) is 5.10 Å². The molecule has 2 aromatic carbocycles. The van der Waals surface area contributed by atoms with Crippen molar-refractivity contribution >= 4 is 11.6 Å². The molecule has 0 fully saturated rings. The monoisotopic (exact) mass is 445 g/mol. The number of anilines is 1. The second-order valence-electron chi connectivity index (χ2n) is 8.19. The molecule has 9 heteroatoms. The molecule has 0 saturated heterocycles. The predicted octanol–water partition coefficient (Wildman–Crippen LogP) is 3.95. The Morgan fingerprint density at radius 3 is 2.58 bits per heavy atom. The highest BCUT2D eigenvalue weighted by molar-refractivity contribution is 6.04. The maximum absolute atomic E-state index is 12.7. The maximum Gasteiger partial charge on any atom is 0.255 e. The van der Waals surface area contributed by atoms with Crippen molar-refractivity contribution in [3.05, 3.63) is 82.9 Å². The standard InChI is InChI=1S/C24H27N7O2/c1-16(2)31-23(26-28-29-31)15-33-22-10-8-20(9-11-22)24(32)25-21-7-5-6-19(13-21)14-30-18(4)12-17(3)27-30/h5-13,16H,14-15H2,1-4H3,(H,25,32). The van der Waals surface area contributed by atoms with Crippen molar-refractivity contribution in [2.75, 3.05) is 5.32 Å². The van der Waals surface area contributed by atoms with Crippen LogP contribution in [0.2, 0.25) is 0 Å². The summed E-state index contributed by atoms with van der Waals surface area (Å²) in [6.07, 6.45) is 0. The van der Waals surface area contributed by atoms with Gasteiger partial charge in [0.1, 0.15) is 12.4 Å². The van der Waals surface area contributed by atoms with Gasteiger partial charge < -0.3 is 10.1 Å². The molecule has 2 heterocycles. The smallest absolute Gasteiger partial charge is 0.255 e. The normalized spacial score (nSPS) is 11.1. The van der Waals surface area contributed by atoms with Gasteiger partial charge in [0.05, 0.1) is 18.3 Å². The largest absolute Gasteiger partial charge is 0.486 e. The second kappa shape index (κ2) is 9.64. The minimum Gasteiger partial charge on any atom is -0.486 e. The molecule has 4 rings (SSSR count). The molecule has 0 aliphatic rings. The average Bonchev–Trinajstić information content (AvgIpc) is 3.38. The third-order valence-electron chi connectivity index (χ3n) is 5.16. The van der Waals surface area contributed by atoms with Crippen LogP contribution in [-0.4, -0.2) is 35.9 Å². The molecule has 2 aromatic heterocycles. The summed E-state index contributed by atoms with van der Waals surface area (Å²) in [6.45, 7) is 8.91. The summed E-state index contributed by atoms with van der Waals surface area (Å²) in [7, 11) is 0. The molecule has 0 radical (unpaired) electrons. The fourth-order valence-electron chi connectivity index (χ4n) is 3.52. The van der Waals surface area contributed by atoms with Crippen molar-refractivity contribution in [2.24, 2.45) is 0 Å². The summed E-state index contributed by atoms with van der Waals surface area (Å²) in [4.78, 5) is 12.7. The number of hydrogen-bond acceptors (Lipinski definition) is 6. The maximum atomic E-state index is 12.7. The van der Waals surface area contributed by atoms with E-state index in [1.54, 1.807) is 28.9 Å². The molecule has 170 valence electrons. The first-order valence-electron chi connectivity index (χ1n) is 10.8. The zero-order valence-electron chi connectivity index (χ0n) is 19.2. The third kappa shape index (κ3) is 5.43. The fourth-order valence-corrected chi connectivity index (χ4v) is 3.52. The summed E-state index contributed by atoms with van der Waals surface area (Å²) in [5.74, 6) is 1.09. The Balaban J connectivity index is 1.36. The Kier molecular flexibility index (Phi) is 6.48. The third-order valence-corrected chi connectivity index (χ3v) is 5.16. The topological polar surface area (TPSA) is 99.8 Å². The first kappa shape index (κ1) is 22.2. The van der Waals surface area contributed by atoms with E-state index < -0.39 is 0 Å². The second-order valence-corrected chi connectivity index (χ2v) is 8.19. The number of nitrogens with one attached hydrogen (secondary N) is 1. The number of aryl methyl sites for hydroxylation is 2. The molecule has 1 N–H and O–H groups in total. The van der Waals surface area contributed by atoms with E-state index in [-0.39, 0.29) is 18.6 Å². The first-order chi connectivity index (χ1) is 15.9. The van der Waals surface area contributed by atoms with Crippen molar-refractivity contribution in [1.29, 1.82) is 0 Å². The highest BCUT2D eigenvalue weighted by Gasteiger charge is 2.11. The number of hydrogen-bond donors (Lipinski definition) is 1. The Morgan fingerprint density at radius 2 is 1.88 bits per heavy atom. The number of carbonyl (C=O) groups excluding carboxylic acids is 1. The minimum atomic E-state index is -0.187. The van der Waals surface area contributed by atoms with E-state index in [4.69, 9.17) is 4.74 Å². The molecule has 33 heavy (non-hydrogen) atoms. The van der Waals surface area contributed by atoms with E-state index in [0.717, 1.165) is 22.6 Å². The number of rotatable bonds is 8. The van der Waals surface area contributed by atoms with Crippen LogP contribution in [0, 0.1) is 13.8 Å². The molecule has 0 spiro atoms. The van der Waals surface area contributed by atoms with Crippen LogP contribution in [0.1, 0.15) is 53.0 Å². The van der Waals surface area contributed by atoms with Crippen LogP contribution in [0.15, 0.2) is 54.6 Å². The molecule has 9 nitrogen and oxygen atoms in total. The zero-order chi connectivity index (χ0) is 23.4. The van der Waals surface area contributed by atoms with E-state index >= 15 is 0 Å². The van der Waals surface area contributed by atoms with Crippen molar-refractivity contribution in [3.63, 3.8) is 0 Å². The number of nitrogens with zero attached hydrogens (tertiary/aromatic N) is 6. The van der Waals surface area contributed by atoms with Gasteiger partial charge in [0.25, 0.3) is 5.91 Å². The summed E-state index contributed by atoms with van der Waals surface area (Å²) < 4.78 is 9.44. The van der Waals surface area contributed by atoms with E-state index in [1.807, 2.05) is 62.7 Å². The Labute approximate surface area is 192 Å². The number of tetrazole rings is 1. The number of amides is 1. The van der Waals surface area contributed by atoms with Crippen molar-refractivity contribution < 1.29 is 9.53 Å². The van der Waals surface area contributed by atoms with Crippen LogP contribution in [0.3, 0.4) is 0 Å². The Morgan fingerprint density at radius 1 is 1.09 bits per heavy atom. The molecule has 0 aliphatic heterocycles. The molecular formula is C24H27N7O2. The van der Waals surface area contributed by atoms with Crippen LogP contribution >= 0.6 is 0 Å². The summed E-state index contributed by atoms with van der Waals surface area (Å²) in [6, 6.07) is 17.0. The lowest BCUT2D eigenvalue weighted by molar-refractivity contribution is 0.102. The minimum absolute atomic E-state index is 0.149.